The lowest BCUT2D eigenvalue weighted by Gasteiger charge is -2.31. The number of aromatic nitrogens is 1. The van der Waals surface area contributed by atoms with Gasteiger partial charge in [-0.15, -0.1) is 22.7 Å². The quantitative estimate of drug-likeness (QED) is 0.934. The maximum absolute atomic E-state index is 10.9. The van der Waals surface area contributed by atoms with Crippen LogP contribution in [0.25, 0.3) is 0 Å². The number of carboxylic acids is 1. The van der Waals surface area contributed by atoms with Crippen molar-refractivity contribution in [1.29, 1.82) is 0 Å². The molecule has 1 N–H and O–H groups in total. The van der Waals surface area contributed by atoms with Gasteiger partial charge in [0.1, 0.15) is 0 Å². The van der Waals surface area contributed by atoms with Crippen molar-refractivity contribution < 1.29 is 9.90 Å². The average Bonchev–Trinajstić information content (AvgIpc) is 3.09. The molecule has 112 valence electrons. The molecule has 2 aromatic rings. The van der Waals surface area contributed by atoms with E-state index in [1.54, 1.807) is 16.7 Å². The number of hydrogen-bond donors (Lipinski definition) is 1. The molecule has 1 aliphatic heterocycles. The van der Waals surface area contributed by atoms with Crippen LogP contribution in [-0.2, 0) is 6.54 Å². The van der Waals surface area contributed by atoms with E-state index in [1.807, 2.05) is 0 Å². The van der Waals surface area contributed by atoms with Crippen molar-refractivity contribution in [3.63, 3.8) is 0 Å². The molecule has 21 heavy (non-hydrogen) atoms. The average molecular weight is 322 g/mol. The highest BCUT2D eigenvalue weighted by Crippen LogP contribution is 2.30. The number of aromatic carboxylic acids is 1. The second-order valence-corrected chi connectivity index (χ2v) is 7.46. The van der Waals surface area contributed by atoms with Gasteiger partial charge in [-0.25, -0.2) is 9.78 Å². The molecular weight excluding hydrogens is 304 g/mol. The fourth-order valence-electron chi connectivity index (χ4n) is 2.79. The van der Waals surface area contributed by atoms with E-state index >= 15 is 0 Å². The van der Waals surface area contributed by atoms with Crippen LogP contribution in [0, 0.1) is 6.92 Å². The minimum Gasteiger partial charge on any atom is -0.476 e. The van der Waals surface area contributed by atoms with Gasteiger partial charge in [0, 0.05) is 29.3 Å². The zero-order valence-corrected chi connectivity index (χ0v) is 13.5. The van der Waals surface area contributed by atoms with Crippen LogP contribution in [0.15, 0.2) is 16.8 Å². The SMILES string of the molecule is Cc1sccc1CN1CCCC(c2nc(C(=O)O)cs2)C1. The zero-order chi connectivity index (χ0) is 14.8. The van der Waals surface area contributed by atoms with Gasteiger partial charge >= 0.3 is 5.97 Å². The molecule has 0 amide bonds. The monoisotopic (exact) mass is 322 g/mol. The lowest BCUT2D eigenvalue weighted by atomic mass is 9.98. The van der Waals surface area contributed by atoms with Crippen LogP contribution in [0.1, 0.15) is 44.7 Å². The fourth-order valence-corrected chi connectivity index (χ4v) is 4.43. The van der Waals surface area contributed by atoms with Crippen LogP contribution in [0.3, 0.4) is 0 Å². The molecule has 1 fully saturated rings. The number of rotatable bonds is 4. The molecule has 3 heterocycles. The number of thiophene rings is 1. The van der Waals surface area contributed by atoms with Gasteiger partial charge < -0.3 is 5.11 Å². The van der Waals surface area contributed by atoms with E-state index in [1.165, 1.54) is 21.8 Å². The van der Waals surface area contributed by atoms with E-state index in [0.717, 1.165) is 37.5 Å². The van der Waals surface area contributed by atoms with E-state index < -0.39 is 5.97 Å². The van der Waals surface area contributed by atoms with Gasteiger partial charge in [-0.1, -0.05) is 0 Å². The lowest BCUT2D eigenvalue weighted by Crippen LogP contribution is -2.33. The minimum atomic E-state index is -0.931. The Bertz CT molecular complexity index is 635. The first-order valence-corrected chi connectivity index (χ1v) is 8.83. The summed E-state index contributed by atoms with van der Waals surface area (Å²) in [6.07, 6.45) is 2.25. The summed E-state index contributed by atoms with van der Waals surface area (Å²) in [5.74, 6) is -0.560. The summed E-state index contributed by atoms with van der Waals surface area (Å²) in [4.78, 5) is 19.1. The Morgan fingerprint density at radius 3 is 3.05 bits per heavy atom. The summed E-state index contributed by atoms with van der Waals surface area (Å²) in [6.45, 7) is 5.25. The Kier molecular flexibility index (Phi) is 4.37. The highest BCUT2D eigenvalue weighted by molar-refractivity contribution is 7.10. The number of thiazole rings is 1. The number of carboxylic acid groups (broad SMARTS) is 1. The van der Waals surface area contributed by atoms with E-state index in [-0.39, 0.29) is 5.69 Å². The molecule has 0 aromatic carbocycles. The fraction of sp³-hybridized carbons (Fsp3) is 0.467. The third-order valence-corrected chi connectivity index (χ3v) is 5.85. The predicted molar refractivity (Wildman–Crippen MR) is 85.4 cm³/mol. The summed E-state index contributed by atoms with van der Waals surface area (Å²) in [5.41, 5.74) is 1.59. The Morgan fingerprint density at radius 2 is 2.38 bits per heavy atom. The van der Waals surface area contributed by atoms with Gasteiger partial charge in [0.15, 0.2) is 5.69 Å². The van der Waals surface area contributed by atoms with E-state index in [2.05, 4.69) is 28.3 Å². The summed E-state index contributed by atoms with van der Waals surface area (Å²) in [7, 11) is 0. The molecule has 0 saturated carbocycles. The summed E-state index contributed by atoms with van der Waals surface area (Å²) in [5, 5.41) is 13.8. The molecule has 0 spiro atoms. The molecule has 2 aromatic heterocycles. The number of hydrogen-bond acceptors (Lipinski definition) is 5. The highest BCUT2D eigenvalue weighted by Gasteiger charge is 2.25. The number of carbonyl (C=O) groups is 1. The van der Waals surface area contributed by atoms with Crippen molar-refractivity contribution >= 4 is 28.6 Å². The van der Waals surface area contributed by atoms with E-state index in [9.17, 15) is 4.79 Å². The molecule has 1 saturated heterocycles. The molecule has 0 aliphatic carbocycles. The summed E-state index contributed by atoms with van der Waals surface area (Å²) in [6, 6.07) is 2.20. The van der Waals surface area contributed by atoms with Gasteiger partial charge in [-0.05, 0) is 43.3 Å². The lowest BCUT2D eigenvalue weighted by molar-refractivity contribution is 0.0691. The van der Waals surface area contributed by atoms with E-state index in [4.69, 9.17) is 5.11 Å². The molecule has 3 rings (SSSR count). The molecule has 0 bridgehead atoms. The van der Waals surface area contributed by atoms with Crippen molar-refractivity contribution in [2.75, 3.05) is 13.1 Å². The molecular formula is C15H18N2O2S2. The third-order valence-electron chi connectivity index (χ3n) is 3.96. The van der Waals surface area contributed by atoms with Crippen LogP contribution in [0.2, 0.25) is 0 Å². The van der Waals surface area contributed by atoms with Crippen molar-refractivity contribution in [2.45, 2.75) is 32.2 Å². The molecule has 1 aliphatic rings. The largest absolute Gasteiger partial charge is 0.476 e. The molecule has 1 unspecified atom stereocenters. The van der Waals surface area contributed by atoms with Crippen molar-refractivity contribution in [1.82, 2.24) is 9.88 Å². The number of likely N-dealkylation sites (tertiary alicyclic amines) is 1. The van der Waals surface area contributed by atoms with Crippen molar-refractivity contribution in [2.24, 2.45) is 0 Å². The highest BCUT2D eigenvalue weighted by atomic mass is 32.1. The first-order valence-electron chi connectivity index (χ1n) is 7.07. The number of nitrogens with zero attached hydrogens (tertiary/aromatic N) is 2. The van der Waals surface area contributed by atoms with Crippen LogP contribution in [-0.4, -0.2) is 34.0 Å². The standard InChI is InChI=1S/C15H18N2O2S2/c1-10-11(4-6-20-10)7-17-5-2-3-12(8-17)14-16-13(9-21-14)15(18)19/h4,6,9,12H,2-3,5,7-8H2,1H3,(H,18,19). The van der Waals surface area contributed by atoms with Crippen molar-refractivity contribution in [3.05, 3.63) is 38.0 Å². The van der Waals surface area contributed by atoms with Crippen LogP contribution in [0.5, 0.6) is 0 Å². The predicted octanol–water partition coefficient (Wildman–Crippen LogP) is 3.59. The zero-order valence-electron chi connectivity index (χ0n) is 11.9. The second-order valence-electron chi connectivity index (χ2n) is 5.45. The smallest absolute Gasteiger partial charge is 0.355 e. The summed E-state index contributed by atoms with van der Waals surface area (Å²) < 4.78 is 0. The Balaban J connectivity index is 1.67. The van der Waals surface area contributed by atoms with Gasteiger partial charge in [-0.2, -0.15) is 0 Å². The molecule has 4 nitrogen and oxygen atoms in total. The van der Waals surface area contributed by atoms with Gasteiger partial charge in [0.25, 0.3) is 0 Å². The van der Waals surface area contributed by atoms with Gasteiger partial charge in [0.2, 0.25) is 0 Å². The Hall–Kier alpha value is -1.24. The summed E-state index contributed by atoms with van der Waals surface area (Å²) >= 11 is 3.28. The van der Waals surface area contributed by atoms with Crippen LogP contribution in [0.4, 0.5) is 0 Å². The minimum absolute atomic E-state index is 0.181. The normalized spacial score (nSPS) is 19.8. The van der Waals surface area contributed by atoms with Crippen LogP contribution >= 0.6 is 22.7 Å². The third kappa shape index (κ3) is 3.33. The molecule has 1 atom stereocenters. The number of piperidine rings is 1. The second kappa shape index (κ2) is 6.25. The Morgan fingerprint density at radius 1 is 1.52 bits per heavy atom. The van der Waals surface area contributed by atoms with Gasteiger partial charge in [-0.3, -0.25) is 4.90 Å². The first kappa shape index (κ1) is 14.7. The Labute approximate surface area is 132 Å². The number of aryl methyl sites for hydroxylation is 1. The first-order chi connectivity index (χ1) is 10.1. The van der Waals surface area contributed by atoms with E-state index in [0.29, 0.717) is 5.92 Å². The maximum atomic E-state index is 10.9. The topological polar surface area (TPSA) is 53.4 Å². The molecule has 6 heteroatoms. The van der Waals surface area contributed by atoms with Crippen molar-refractivity contribution in [3.8, 4) is 0 Å². The molecule has 0 radical (unpaired) electrons. The van der Waals surface area contributed by atoms with Crippen LogP contribution < -0.4 is 0 Å². The maximum Gasteiger partial charge on any atom is 0.355 e. The van der Waals surface area contributed by atoms with Gasteiger partial charge in [0.05, 0.1) is 5.01 Å².